The number of hydrogen-bond donors (Lipinski definition) is 1. The van der Waals surface area contributed by atoms with E-state index in [1.807, 2.05) is 13.8 Å². The van der Waals surface area contributed by atoms with Crippen LogP contribution in [-0.4, -0.2) is 59.3 Å². The highest BCUT2D eigenvalue weighted by Gasteiger charge is 2.72. The maximum atomic E-state index is 12.7. The van der Waals surface area contributed by atoms with Gasteiger partial charge in [0.05, 0.1) is 30.3 Å². The number of ether oxygens (including phenoxy) is 4. The van der Waals surface area contributed by atoms with Crippen LogP contribution in [0.25, 0.3) is 0 Å². The topological polar surface area (TPSA) is 97.9 Å². The van der Waals surface area contributed by atoms with Crippen LogP contribution in [0, 0.1) is 17.3 Å². The number of fused-ring (bicyclic) bond motifs is 4. The fourth-order valence-corrected chi connectivity index (χ4v) is 5.91. The van der Waals surface area contributed by atoms with Crippen molar-refractivity contribution >= 4 is 11.9 Å². The molecule has 148 valence electrons. The maximum absolute atomic E-state index is 12.7. The average Bonchev–Trinajstić information content (AvgIpc) is 3.45. The van der Waals surface area contributed by atoms with Crippen molar-refractivity contribution in [2.45, 2.75) is 75.7 Å². The van der Waals surface area contributed by atoms with Crippen molar-refractivity contribution in [3.8, 4) is 0 Å². The van der Waals surface area contributed by atoms with Crippen LogP contribution in [0.15, 0.2) is 12.2 Å². The third-order valence-corrected chi connectivity index (χ3v) is 7.81. The molecule has 1 spiro atoms. The molecule has 9 atom stereocenters. The Morgan fingerprint density at radius 2 is 2.04 bits per heavy atom. The van der Waals surface area contributed by atoms with Gasteiger partial charge in [0.2, 0.25) is 0 Å². The van der Waals surface area contributed by atoms with Crippen LogP contribution in [0.3, 0.4) is 0 Å². The van der Waals surface area contributed by atoms with Crippen LogP contribution in [0.1, 0.15) is 40.0 Å². The molecule has 5 aliphatic rings. The van der Waals surface area contributed by atoms with E-state index < -0.39 is 35.1 Å². The number of carbonyl (C=O) groups is 2. The number of epoxide rings is 2. The molecular weight excluding hydrogens is 352 g/mol. The molecule has 7 heteroatoms. The lowest BCUT2D eigenvalue weighted by molar-refractivity contribution is -0.207. The first-order valence-corrected chi connectivity index (χ1v) is 9.73. The van der Waals surface area contributed by atoms with Gasteiger partial charge in [-0.1, -0.05) is 13.5 Å². The zero-order chi connectivity index (χ0) is 19.4. The second-order valence-electron chi connectivity index (χ2n) is 9.33. The van der Waals surface area contributed by atoms with Gasteiger partial charge in [0.1, 0.15) is 12.2 Å². The van der Waals surface area contributed by atoms with E-state index >= 15 is 0 Å². The molecule has 3 saturated heterocycles. The van der Waals surface area contributed by atoms with Crippen molar-refractivity contribution in [2.75, 3.05) is 6.61 Å². The quantitative estimate of drug-likeness (QED) is 0.437. The zero-order valence-corrected chi connectivity index (χ0v) is 15.9. The molecule has 7 nitrogen and oxygen atoms in total. The Morgan fingerprint density at radius 1 is 1.37 bits per heavy atom. The van der Waals surface area contributed by atoms with Gasteiger partial charge in [-0.3, -0.25) is 0 Å². The summed E-state index contributed by atoms with van der Waals surface area (Å²) in [7, 11) is 0. The molecule has 5 rings (SSSR count). The Bertz CT molecular complexity index is 743. The van der Waals surface area contributed by atoms with Crippen molar-refractivity contribution in [1.29, 1.82) is 0 Å². The first-order valence-electron chi connectivity index (χ1n) is 9.73. The van der Waals surface area contributed by atoms with Crippen LogP contribution < -0.4 is 0 Å². The lowest BCUT2D eigenvalue weighted by Crippen LogP contribution is -2.63. The fourth-order valence-electron chi connectivity index (χ4n) is 5.91. The van der Waals surface area contributed by atoms with E-state index in [1.165, 1.54) is 0 Å². The summed E-state index contributed by atoms with van der Waals surface area (Å²) in [6.07, 6.45) is -0.00228. The van der Waals surface area contributed by atoms with Gasteiger partial charge in [-0.2, -0.15) is 0 Å². The summed E-state index contributed by atoms with van der Waals surface area (Å²) in [4.78, 5) is 24.8. The van der Waals surface area contributed by atoms with E-state index in [0.717, 1.165) is 6.42 Å². The van der Waals surface area contributed by atoms with E-state index in [9.17, 15) is 14.7 Å². The predicted molar refractivity (Wildman–Crippen MR) is 91.5 cm³/mol. The number of rotatable bonds is 2. The second-order valence-corrected chi connectivity index (χ2v) is 9.33. The number of aliphatic hydroxyl groups excluding tert-OH is 1. The Hall–Kier alpha value is -1.44. The molecule has 3 aliphatic heterocycles. The summed E-state index contributed by atoms with van der Waals surface area (Å²) in [5.41, 5.74) is -1.47. The van der Waals surface area contributed by atoms with Gasteiger partial charge < -0.3 is 24.1 Å². The molecule has 5 fully saturated rings. The Balaban J connectivity index is 1.48. The molecule has 2 aliphatic carbocycles. The second kappa shape index (κ2) is 5.13. The van der Waals surface area contributed by atoms with E-state index in [-0.39, 0.29) is 29.7 Å². The van der Waals surface area contributed by atoms with Gasteiger partial charge in [0, 0.05) is 16.9 Å². The number of esters is 2. The molecule has 0 amide bonds. The first-order chi connectivity index (χ1) is 12.6. The summed E-state index contributed by atoms with van der Waals surface area (Å²) >= 11 is 0. The first kappa shape index (κ1) is 17.6. The highest BCUT2D eigenvalue weighted by atomic mass is 16.7. The van der Waals surface area contributed by atoms with Gasteiger partial charge >= 0.3 is 11.9 Å². The van der Waals surface area contributed by atoms with Crippen molar-refractivity contribution < 1.29 is 33.6 Å². The minimum atomic E-state index is -0.888. The minimum Gasteiger partial charge on any atom is -0.460 e. The molecule has 0 aromatic heterocycles. The Kier molecular flexibility index (Phi) is 3.35. The van der Waals surface area contributed by atoms with Gasteiger partial charge in [0.15, 0.2) is 5.60 Å². The fraction of sp³-hybridized carbons (Fsp3) is 0.800. The van der Waals surface area contributed by atoms with E-state index in [0.29, 0.717) is 25.0 Å². The van der Waals surface area contributed by atoms with Crippen LogP contribution in [-0.2, 0) is 28.5 Å². The maximum Gasteiger partial charge on any atom is 0.341 e. The number of hydrogen-bond acceptors (Lipinski definition) is 7. The predicted octanol–water partition coefficient (Wildman–Crippen LogP) is 1.12. The van der Waals surface area contributed by atoms with Gasteiger partial charge in [-0.05, 0) is 33.1 Å². The van der Waals surface area contributed by atoms with E-state index in [1.54, 1.807) is 6.92 Å². The molecule has 3 heterocycles. The normalized spacial score (nSPS) is 55.6. The van der Waals surface area contributed by atoms with Crippen LogP contribution in [0.5, 0.6) is 0 Å². The molecule has 0 radical (unpaired) electrons. The molecule has 27 heavy (non-hydrogen) atoms. The molecule has 0 bridgehead atoms. The van der Waals surface area contributed by atoms with Crippen molar-refractivity contribution in [1.82, 2.24) is 0 Å². The largest absolute Gasteiger partial charge is 0.460 e. The summed E-state index contributed by atoms with van der Waals surface area (Å²) in [6, 6.07) is 0. The van der Waals surface area contributed by atoms with Gasteiger partial charge in [-0.15, -0.1) is 0 Å². The average molecular weight is 378 g/mol. The summed E-state index contributed by atoms with van der Waals surface area (Å²) in [5.74, 6) is -1.37. The molecular formula is C20H26O7. The highest BCUT2D eigenvalue weighted by Crippen LogP contribution is 2.64. The zero-order valence-electron chi connectivity index (χ0n) is 15.9. The van der Waals surface area contributed by atoms with E-state index in [2.05, 4.69) is 6.58 Å². The van der Waals surface area contributed by atoms with E-state index in [4.69, 9.17) is 18.9 Å². The third-order valence-electron chi connectivity index (χ3n) is 7.81. The van der Waals surface area contributed by atoms with Crippen LogP contribution in [0.4, 0.5) is 0 Å². The Morgan fingerprint density at radius 3 is 2.63 bits per heavy atom. The third kappa shape index (κ3) is 2.19. The van der Waals surface area contributed by atoms with Gasteiger partial charge in [-0.25, -0.2) is 9.59 Å². The van der Waals surface area contributed by atoms with Crippen molar-refractivity contribution in [3.05, 3.63) is 12.2 Å². The lowest BCUT2D eigenvalue weighted by Gasteiger charge is -2.56. The molecule has 0 aromatic carbocycles. The molecule has 0 unspecified atom stereocenters. The van der Waals surface area contributed by atoms with Crippen LogP contribution >= 0.6 is 0 Å². The van der Waals surface area contributed by atoms with Crippen molar-refractivity contribution in [3.63, 3.8) is 0 Å². The molecule has 2 saturated carbocycles. The monoisotopic (exact) mass is 378 g/mol. The summed E-state index contributed by atoms with van der Waals surface area (Å²) < 4.78 is 22.9. The standard InChI is InChI=1S/C20H26O7/c1-9-13-11(21)7-18(3)12(25-17(23)19(4)10(2)27-19)5-6-20(8-24-20)15(18)14(13)26-16(9)22/h10-15,21H,1,5-8H2,2-4H3/t10-,11-,12-,13+,14-,15+,18-,19+,20+/m0/s1. The van der Waals surface area contributed by atoms with Crippen molar-refractivity contribution in [2.24, 2.45) is 17.3 Å². The SMILES string of the molecule is C=C1C(=O)O[C@H]2[C@H]1[C@@H](O)C[C@@]1(C)[C@@H](OC(=O)[C@]3(C)O[C@H]3C)CC[C@@]3(CO3)[C@H]21. The summed E-state index contributed by atoms with van der Waals surface area (Å²) in [5, 5.41) is 10.8. The summed E-state index contributed by atoms with van der Waals surface area (Å²) in [6.45, 7) is 10.0. The Labute approximate surface area is 158 Å². The minimum absolute atomic E-state index is 0.140. The number of carbonyl (C=O) groups excluding carboxylic acids is 2. The molecule has 1 N–H and O–H groups in total. The van der Waals surface area contributed by atoms with Gasteiger partial charge in [0.25, 0.3) is 0 Å². The number of aliphatic hydroxyl groups is 1. The molecule has 0 aromatic rings. The smallest absolute Gasteiger partial charge is 0.341 e. The van der Waals surface area contributed by atoms with Crippen LogP contribution in [0.2, 0.25) is 0 Å². The lowest BCUT2D eigenvalue weighted by atomic mass is 9.51. The highest BCUT2D eigenvalue weighted by molar-refractivity contribution is 5.91.